The van der Waals surface area contributed by atoms with E-state index >= 15 is 0 Å². The normalized spacial score (nSPS) is 19.7. The van der Waals surface area contributed by atoms with Crippen LogP contribution in [-0.4, -0.2) is 73.0 Å². The van der Waals surface area contributed by atoms with Crippen molar-refractivity contribution in [3.63, 3.8) is 0 Å². The van der Waals surface area contributed by atoms with Crippen LogP contribution in [0.2, 0.25) is 0 Å². The molecule has 0 radical (unpaired) electrons. The van der Waals surface area contributed by atoms with E-state index in [0.29, 0.717) is 28.7 Å². The van der Waals surface area contributed by atoms with Gasteiger partial charge in [0.2, 0.25) is 5.78 Å². The fraction of sp³-hybridized carbons (Fsp3) is 0.425. The van der Waals surface area contributed by atoms with Gasteiger partial charge in [-0.05, 0) is 87.4 Å². The Morgan fingerprint density at radius 1 is 0.800 bits per heavy atom. The van der Waals surface area contributed by atoms with Gasteiger partial charge < -0.3 is 4.52 Å². The quantitative estimate of drug-likeness (QED) is 0.0804. The molecule has 2 saturated carbocycles. The van der Waals surface area contributed by atoms with Gasteiger partial charge in [-0.3, -0.25) is 28.8 Å². The summed E-state index contributed by atoms with van der Waals surface area (Å²) in [5.41, 5.74) is -1.77. The van der Waals surface area contributed by atoms with Gasteiger partial charge in [0, 0.05) is 23.0 Å². The number of carbonyl (C=O) groups excluding carboxylic acids is 5. The van der Waals surface area contributed by atoms with Crippen LogP contribution in [0.4, 0.5) is 26.3 Å². The molecule has 3 aromatic rings. The molecule has 12 nitrogen and oxygen atoms in total. The Labute approximate surface area is 348 Å². The van der Waals surface area contributed by atoms with Gasteiger partial charge in [-0.1, -0.05) is 17.3 Å². The van der Waals surface area contributed by atoms with Crippen molar-refractivity contribution in [2.75, 3.05) is 12.5 Å². The van der Waals surface area contributed by atoms with Crippen LogP contribution < -0.4 is 0 Å². The summed E-state index contributed by atoms with van der Waals surface area (Å²) in [7, 11) is 0. The molecule has 2 aliphatic heterocycles. The highest BCUT2D eigenvalue weighted by Gasteiger charge is 2.44. The first-order valence-electron chi connectivity index (χ1n) is 18.5. The minimum atomic E-state index is -4.66. The van der Waals surface area contributed by atoms with E-state index in [1.165, 1.54) is 29.7 Å². The zero-order valence-electron chi connectivity index (χ0n) is 32.4. The monoisotopic (exact) mass is 874 g/mol. The SMILES string of the molecule is CSC1=NN(Cc2cc(C(F)(F)F)ccc2C(=O)c2cnoc2C2CC2)C(=O)C1C.[C-]#[N+]C(C(=O)c1ccc(C(F)(F)F)cc1CN1N=C(SC)C(C)C1=O)C(=O)C1CC1. The van der Waals surface area contributed by atoms with Crippen molar-refractivity contribution in [1.82, 2.24) is 15.2 Å². The van der Waals surface area contributed by atoms with Crippen LogP contribution in [0.5, 0.6) is 0 Å². The number of carbonyl (C=O) groups is 5. The molecular formula is C40H36F6N6O6S2. The van der Waals surface area contributed by atoms with Crippen LogP contribution in [0.15, 0.2) is 57.3 Å². The molecule has 2 amide bonds. The van der Waals surface area contributed by atoms with Crippen LogP contribution in [-0.2, 0) is 39.8 Å². The molecule has 4 aliphatic rings. The number of aromatic nitrogens is 1. The summed E-state index contributed by atoms with van der Waals surface area (Å²) in [5.74, 6) is -3.32. The number of hydrogen-bond acceptors (Lipinski definition) is 11. The Morgan fingerprint density at radius 3 is 1.70 bits per heavy atom. The largest absolute Gasteiger partial charge is 0.416 e. The number of thioether (sulfide) groups is 2. The minimum Gasteiger partial charge on any atom is -0.360 e. The number of hydrogen-bond donors (Lipinski definition) is 0. The van der Waals surface area contributed by atoms with E-state index in [1.54, 1.807) is 26.4 Å². The molecule has 1 aromatic heterocycles. The minimum absolute atomic E-state index is 0.0707. The lowest BCUT2D eigenvalue weighted by molar-refractivity contribution is -0.138. The average molecular weight is 875 g/mol. The van der Waals surface area contributed by atoms with E-state index in [-0.39, 0.29) is 58.6 Å². The van der Waals surface area contributed by atoms with Crippen LogP contribution in [0.25, 0.3) is 4.85 Å². The van der Waals surface area contributed by atoms with Crippen molar-refractivity contribution >= 4 is 62.8 Å². The molecule has 3 atom stereocenters. The Hall–Kier alpha value is -5.29. The Kier molecular flexibility index (Phi) is 12.8. The first-order valence-corrected chi connectivity index (χ1v) is 21.0. The van der Waals surface area contributed by atoms with Gasteiger partial charge in [-0.15, -0.1) is 23.5 Å². The van der Waals surface area contributed by atoms with Crippen LogP contribution >= 0.6 is 23.5 Å². The summed E-state index contributed by atoms with van der Waals surface area (Å²) >= 11 is 2.56. The molecule has 2 fully saturated rings. The zero-order chi connectivity index (χ0) is 43.8. The third-order valence-electron chi connectivity index (χ3n) is 10.3. The molecule has 0 saturated heterocycles. The smallest absolute Gasteiger partial charge is 0.360 e. The third-order valence-corrected chi connectivity index (χ3v) is 12.0. The summed E-state index contributed by atoms with van der Waals surface area (Å²) in [6.45, 7) is 9.98. The molecule has 7 rings (SSSR count). The molecule has 3 heterocycles. The highest BCUT2D eigenvalue weighted by Crippen LogP contribution is 2.43. The van der Waals surface area contributed by atoms with Crippen LogP contribution in [0, 0.1) is 24.3 Å². The number of ketones is 3. The van der Waals surface area contributed by atoms with E-state index in [0.717, 1.165) is 59.3 Å². The van der Waals surface area contributed by atoms with Gasteiger partial charge in [-0.2, -0.15) is 36.5 Å². The van der Waals surface area contributed by atoms with Gasteiger partial charge in [-0.25, -0.2) is 16.6 Å². The predicted molar refractivity (Wildman–Crippen MR) is 209 cm³/mol. The molecule has 2 aliphatic carbocycles. The second kappa shape index (κ2) is 17.4. The third kappa shape index (κ3) is 9.36. The van der Waals surface area contributed by atoms with Gasteiger partial charge in [0.25, 0.3) is 17.6 Å². The van der Waals surface area contributed by atoms with Crippen molar-refractivity contribution < 1.29 is 54.8 Å². The highest BCUT2D eigenvalue weighted by molar-refractivity contribution is 8.13. The topological polar surface area (TPSA) is 147 Å². The van der Waals surface area contributed by atoms with Crippen LogP contribution in [0.3, 0.4) is 0 Å². The molecule has 0 spiro atoms. The standard InChI is InChI=1S/2C20H18F3N3O3S/c1-10-18(30-2)25-26(19(10)28)9-12-7-13(20(21,22)23)5-6-14(12)16(27)15-8-24-29-17(15)11-3-4-11;1-10-18(30-3)25-26(19(10)29)9-12-8-13(20(21,22)23)6-7-14(12)17(28)15(24-2)16(27)11-4-5-11/h5-8,10-11H,3-4,9H2,1-2H3;6-8,10-11,15H,4-5,9H2,1,3H3. The molecule has 20 heteroatoms. The maximum Gasteiger partial charge on any atom is 0.416 e. The van der Waals surface area contributed by atoms with Gasteiger partial charge in [0.15, 0.2) is 11.5 Å². The number of benzene rings is 2. The fourth-order valence-electron chi connectivity index (χ4n) is 6.61. The maximum atomic E-state index is 13.3. The number of hydrazone groups is 2. The number of amides is 2. The first-order chi connectivity index (χ1) is 28.3. The lowest BCUT2D eigenvalue weighted by Gasteiger charge is -2.17. The Balaban J connectivity index is 0.000000201. The number of alkyl halides is 6. The van der Waals surface area contributed by atoms with Gasteiger partial charge in [0.1, 0.15) is 10.1 Å². The van der Waals surface area contributed by atoms with Gasteiger partial charge >= 0.3 is 18.4 Å². The second-order valence-electron chi connectivity index (χ2n) is 14.5. The van der Waals surface area contributed by atoms with E-state index in [1.807, 2.05) is 0 Å². The van der Waals surface area contributed by atoms with E-state index in [9.17, 15) is 50.3 Å². The number of nitrogens with zero attached hydrogens (tertiary/aromatic N) is 6. The molecule has 0 bridgehead atoms. The summed E-state index contributed by atoms with van der Waals surface area (Å²) in [6.07, 6.45) is -1.48. The van der Waals surface area contributed by atoms with Crippen LogP contribution in [0.1, 0.15) is 99.7 Å². The first kappa shape index (κ1) is 44.3. The Bertz CT molecular complexity index is 2350. The fourth-order valence-corrected chi connectivity index (χ4v) is 7.88. The molecule has 60 heavy (non-hydrogen) atoms. The van der Waals surface area contributed by atoms with E-state index in [4.69, 9.17) is 11.1 Å². The molecule has 2 aromatic carbocycles. The van der Waals surface area contributed by atoms with Crippen molar-refractivity contribution in [2.24, 2.45) is 28.0 Å². The van der Waals surface area contributed by atoms with Crippen molar-refractivity contribution in [1.29, 1.82) is 0 Å². The molecule has 3 unspecified atom stereocenters. The lowest BCUT2D eigenvalue weighted by Crippen LogP contribution is -2.31. The van der Waals surface area contributed by atoms with E-state index in [2.05, 4.69) is 20.2 Å². The van der Waals surface area contributed by atoms with Gasteiger partial charge in [0.05, 0.1) is 47.8 Å². The van der Waals surface area contributed by atoms with Crippen molar-refractivity contribution in [2.45, 2.75) is 76.9 Å². The molecule has 0 N–H and O–H groups in total. The summed E-state index contributed by atoms with van der Waals surface area (Å²) in [4.78, 5) is 66.4. The second-order valence-corrected chi connectivity index (χ2v) is 16.2. The van der Waals surface area contributed by atoms with E-state index < -0.39 is 64.6 Å². The highest BCUT2D eigenvalue weighted by atomic mass is 32.2. The number of Topliss-reactive ketones (excluding diaryl/α,β-unsaturated/α-hetero) is 2. The summed E-state index contributed by atoms with van der Waals surface area (Å²) in [6, 6.07) is 3.82. The zero-order valence-corrected chi connectivity index (χ0v) is 34.0. The number of rotatable bonds is 11. The molecule has 316 valence electrons. The maximum absolute atomic E-state index is 13.3. The Morgan fingerprint density at radius 2 is 1.28 bits per heavy atom. The molecular weight excluding hydrogens is 839 g/mol. The lowest BCUT2D eigenvalue weighted by atomic mass is 9.93. The van der Waals surface area contributed by atoms with Crippen molar-refractivity contribution in [3.8, 4) is 0 Å². The summed E-state index contributed by atoms with van der Waals surface area (Å²) in [5, 5.41) is 15.3. The summed E-state index contributed by atoms with van der Waals surface area (Å²) < 4.78 is 84.8. The average Bonchev–Trinajstić information content (AvgIpc) is 4.15. The predicted octanol–water partition coefficient (Wildman–Crippen LogP) is 8.27. The van der Waals surface area contributed by atoms with Crippen molar-refractivity contribution in [3.05, 3.63) is 98.7 Å². The number of halogens is 6.